The van der Waals surface area contributed by atoms with E-state index in [-0.39, 0.29) is 12.7 Å². The summed E-state index contributed by atoms with van der Waals surface area (Å²) in [6.07, 6.45) is 1.57. The maximum atomic E-state index is 12.6. The standard InChI is InChI=1S/C21H18N2O4S/c1-12-19(9-13-2-4-17-18(8-13)27-11-26-17)28-21(22-12)23-20(24)15-3-5-16-14(10-15)6-7-25-16/h2-5,8,10H,6-7,9,11H2,1H3,(H,22,23,24). The second-order valence-electron chi connectivity index (χ2n) is 6.77. The van der Waals surface area contributed by atoms with E-state index in [9.17, 15) is 4.79 Å². The fourth-order valence-electron chi connectivity index (χ4n) is 3.38. The van der Waals surface area contributed by atoms with Crippen molar-refractivity contribution in [1.82, 2.24) is 4.98 Å². The van der Waals surface area contributed by atoms with Crippen LogP contribution in [0.1, 0.15) is 32.1 Å². The molecule has 2 aliphatic heterocycles. The van der Waals surface area contributed by atoms with Crippen molar-refractivity contribution in [2.75, 3.05) is 18.7 Å². The van der Waals surface area contributed by atoms with Crippen LogP contribution in [0.4, 0.5) is 5.13 Å². The van der Waals surface area contributed by atoms with Gasteiger partial charge in [0.25, 0.3) is 5.91 Å². The Hall–Kier alpha value is -3.06. The van der Waals surface area contributed by atoms with Gasteiger partial charge < -0.3 is 14.2 Å². The van der Waals surface area contributed by atoms with Gasteiger partial charge in [-0.05, 0) is 48.4 Å². The first-order valence-corrected chi connectivity index (χ1v) is 9.89. The van der Waals surface area contributed by atoms with E-state index in [1.54, 1.807) is 6.07 Å². The highest BCUT2D eigenvalue weighted by Crippen LogP contribution is 2.34. The monoisotopic (exact) mass is 394 g/mol. The predicted molar refractivity (Wildman–Crippen MR) is 106 cm³/mol. The number of aromatic nitrogens is 1. The van der Waals surface area contributed by atoms with Gasteiger partial charge in [-0.15, -0.1) is 11.3 Å². The van der Waals surface area contributed by atoms with E-state index in [2.05, 4.69) is 10.3 Å². The normalized spacial score (nSPS) is 13.9. The molecule has 3 heterocycles. The molecule has 0 spiro atoms. The summed E-state index contributed by atoms with van der Waals surface area (Å²) in [5.74, 6) is 2.26. The Morgan fingerprint density at radius 1 is 1.11 bits per heavy atom. The van der Waals surface area contributed by atoms with Crippen LogP contribution in [0, 0.1) is 6.92 Å². The first kappa shape index (κ1) is 17.1. The molecule has 3 aromatic rings. The van der Waals surface area contributed by atoms with Gasteiger partial charge in [-0.3, -0.25) is 10.1 Å². The quantitative estimate of drug-likeness (QED) is 0.725. The summed E-state index contributed by atoms with van der Waals surface area (Å²) in [6.45, 7) is 2.90. The number of hydrogen-bond donors (Lipinski definition) is 1. The fraction of sp³-hybridized carbons (Fsp3) is 0.238. The first-order valence-electron chi connectivity index (χ1n) is 9.07. The highest BCUT2D eigenvalue weighted by molar-refractivity contribution is 7.15. The average Bonchev–Trinajstić information content (AvgIpc) is 3.41. The van der Waals surface area contributed by atoms with Crippen LogP contribution in [0.5, 0.6) is 17.2 Å². The number of carbonyl (C=O) groups excluding carboxylic acids is 1. The van der Waals surface area contributed by atoms with E-state index in [1.807, 2.05) is 37.3 Å². The molecule has 28 heavy (non-hydrogen) atoms. The molecule has 142 valence electrons. The highest BCUT2D eigenvalue weighted by Gasteiger charge is 2.18. The Morgan fingerprint density at radius 3 is 2.89 bits per heavy atom. The molecule has 0 bridgehead atoms. The number of nitrogens with zero attached hydrogens (tertiary/aromatic N) is 1. The van der Waals surface area contributed by atoms with Crippen LogP contribution in [0.25, 0.3) is 0 Å². The van der Waals surface area contributed by atoms with Crippen molar-refractivity contribution < 1.29 is 19.0 Å². The molecule has 6 nitrogen and oxygen atoms in total. The lowest BCUT2D eigenvalue weighted by Gasteiger charge is -2.04. The van der Waals surface area contributed by atoms with E-state index in [0.717, 1.165) is 51.8 Å². The van der Waals surface area contributed by atoms with E-state index in [0.29, 0.717) is 17.3 Å². The minimum atomic E-state index is -0.155. The van der Waals surface area contributed by atoms with Gasteiger partial charge in [-0.2, -0.15) is 0 Å². The third-order valence-electron chi connectivity index (χ3n) is 4.87. The molecular formula is C21H18N2O4S. The van der Waals surface area contributed by atoms with Crippen LogP contribution < -0.4 is 19.5 Å². The Morgan fingerprint density at radius 2 is 1.96 bits per heavy atom. The lowest BCUT2D eigenvalue weighted by molar-refractivity contribution is 0.102. The topological polar surface area (TPSA) is 69.7 Å². The zero-order valence-corrected chi connectivity index (χ0v) is 16.1. The molecule has 0 unspecified atom stereocenters. The zero-order valence-electron chi connectivity index (χ0n) is 15.3. The van der Waals surface area contributed by atoms with Gasteiger partial charge in [0.2, 0.25) is 6.79 Å². The number of benzene rings is 2. The number of carbonyl (C=O) groups is 1. The van der Waals surface area contributed by atoms with Crippen LogP contribution >= 0.6 is 11.3 Å². The Bertz CT molecular complexity index is 1080. The summed E-state index contributed by atoms with van der Waals surface area (Å²) in [4.78, 5) is 18.2. The molecule has 0 saturated heterocycles. The molecule has 0 atom stereocenters. The zero-order chi connectivity index (χ0) is 19.1. The number of aryl methyl sites for hydroxylation is 1. The van der Waals surface area contributed by atoms with Crippen molar-refractivity contribution in [3.63, 3.8) is 0 Å². The van der Waals surface area contributed by atoms with Gasteiger partial charge in [-0.25, -0.2) is 4.98 Å². The second-order valence-corrected chi connectivity index (χ2v) is 7.85. The summed E-state index contributed by atoms with van der Waals surface area (Å²) in [6, 6.07) is 11.5. The molecular weight excluding hydrogens is 376 g/mol. The van der Waals surface area contributed by atoms with Gasteiger partial charge in [0.1, 0.15) is 5.75 Å². The third-order valence-corrected chi connectivity index (χ3v) is 5.94. The SMILES string of the molecule is Cc1nc(NC(=O)c2ccc3c(c2)CCO3)sc1Cc1ccc2c(c1)OCO2. The van der Waals surface area contributed by atoms with E-state index in [4.69, 9.17) is 14.2 Å². The minimum Gasteiger partial charge on any atom is -0.493 e. The molecule has 0 fully saturated rings. The molecule has 1 aromatic heterocycles. The number of amides is 1. The number of rotatable bonds is 4. The van der Waals surface area contributed by atoms with Crippen molar-refractivity contribution in [3.05, 3.63) is 63.7 Å². The van der Waals surface area contributed by atoms with Crippen LogP contribution in [-0.4, -0.2) is 24.3 Å². The third kappa shape index (κ3) is 3.18. The molecule has 7 heteroatoms. The summed E-state index contributed by atoms with van der Waals surface area (Å²) in [7, 11) is 0. The average molecular weight is 394 g/mol. The lowest BCUT2D eigenvalue weighted by Crippen LogP contribution is -2.11. The van der Waals surface area contributed by atoms with E-state index >= 15 is 0 Å². The molecule has 1 amide bonds. The van der Waals surface area contributed by atoms with Gasteiger partial charge in [0, 0.05) is 23.3 Å². The number of hydrogen-bond acceptors (Lipinski definition) is 6. The molecule has 0 saturated carbocycles. The Labute approximate surface area is 166 Å². The van der Waals surface area contributed by atoms with Gasteiger partial charge in [0.05, 0.1) is 12.3 Å². The molecule has 0 aliphatic carbocycles. The van der Waals surface area contributed by atoms with Crippen molar-refractivity contribution >= 4 is 22.4 Å². The van der Waals surface area contributed by atoms with Gasteiger partial charge in [-0.1, -0.05) is 6.07 Å². The summed E-state index contributed by atoms with van der Waals surface area (Å²) < 4.78 is 16.3. The number of fused-ring (bicyclic) bond motifs is 2. The Kier molecular flexibility index (Phi) is 4.16. The van der Waals surface area contributed by atoms with Gasteiger partial charge in [0.15, 0.2) is 16.6 Å². The fourth-order valence-corrected chi connectivity index (χ4v) is 4.37. The van der Waals surface area contributed by atoms with Crippen molar-refractivity contribution in [3.8, 4) is 17.2 Å². The Balaban J connectivity index is 1.31. The van der Waals surface area contributed by atoms with E-state index < -0.39 is 0 Å². The number of nitrogens with one attached hydrogen (secondary N) is 1. The van der Waals surface area contributed by atoms with Gasteiger partial charge >= 0.3 is 0 Å². The van der Waals surface area contributed by atoms with Crippen molar-refractivity contribution in [1.29, 1.82) is 0 Å². The highest BCUT2D eigenvalue weighted by atomic mass is 32.1. The summed E-state index contributed by atoms with van der Waals surface area (Å²) in [5, 5.41) is 3.53. The summed E-state index contributed by atoms with van der Waals surface area (Å²) in [5.41, 5.74) is 3.73. The number of thiazole rings is 1. The smallest absolute Gasteiger partial charge is 0.257 e. The summed E-state index contributed by atoms with van der Waals surface area (Å²) >= 11 is 1.50. The minimum absolute atomic E-state index is 0.155. The van der Waals surface area contributed by atoms with Crippen LogP contribution in [-0.2, 0) is 12.8 Å². The molecule has 2 aliphatic rings. The first-order chi connectivity index (χ1) is 13.7. The molecule has 5 rings (SSSR count). The lowest BCUT2D eigenvalue weighted by atomic mass is 10.1. The van der Waals surface area contributed by atoms with Crippen LogP contribution in [0.2, 0.25) is 0 Å². The molecule has 2 aromatic carbocycles. The van der Waals surface area contributed by atoms with Crippen molar-refractivity contribution in [2.45, 2.75) is 19.8 Å². The number of ether oxygens (including phenoxy) is 3. The van der Waals surface area contributed by atoms with E-state index in [1.165, 1.54) is 11.3 Å². The molecule has 1 N–H and O–H groups in total. The second kappa shape index (κ2) is 6.83. The maximum absolute atomic E-state index is 12.6. The maximum Gasteiger partial charge on any atom is 0.257 e. The van der Waals surface area contributed by atoms with Crippen LogP contribution in [0.15, 0.2) is 36.4 Å². The van der Waals surface area contributed by atoms with Crippen molar-refractivity contribution in [2.24, 2.45) is 0 Å². The van der Waals surface area contributed by atoms with Crippen LogP contribution in [0.3, 0.4) is 0 Å². The molecule has 0 radical (unpaired) electrons. The largest absolute Gasteiger partial charge is 0.493 e. The predicted octanol–water partition coefficient (Wildman–Crippen LogP) is 3.96. The number of anilines is 1.